The van der Waals surface area contributed by atoms with Gasteiger partial charge in [0.15, 0.2) is 5.82 Å². The molecule has 166 valence electrons. The average Bonchev–Trinajstić information content (AvgIpc) is 3.18. The van der Waals surface area contributed by atoms with Gasteiger partial charge in [0, 0.05) is 24.9 Å². The van der Waals surface area contributed by atoms with E-state index in [1.807, 2.05) is 86.7 Å². The van der Waals surface area contributed by atoms with Crippen molar-refractivity contribution < 1.29 is 9.53 Å². The largest absolute Gasteiger partial charge is 0.439 e. The van der Waals surface area contributed by atoms with Crippen LogP contribution in [0.5, 0.6) is 11.6 Å². The van der Waals surface area contributed by atoms with Crippen molar-refractivity contribution in [2.75, 3.05) is 10.6 Å². The van der Waals surface area contributed by atoms with E-state index >= 15 is 0 Å². The molecule has 1 amide bonds. The molecule has 7 nitrogen and oxygen atoms in total. The lowest BCUT2D eigenvalue weighted by atomic mass is 10.1. The Morgan fingerprint density at radius 3 is 2.33 bits per heavy atom. The second-order valence-corrected chi connectivity index (χ2v) is 7.39. The lowest BCUT2D eigenvalue weighted by Gasteiger charge is -2.11. The Kier molecular flexibility index (Phi) is 6.50. The highest BCUT2D eigenvalue weighted by Gasteiger charge is 2.21. The number of benzene rings is 2. The van der Waals surface area contributed by atoms with E-state index < -0.39 is 0 Å². The molecule has 0 atom stereocenters. The molecule has 0 unspecified atom stereocenters. The minimum atomic E-state index is -0.167. The number of aromatic nitrogens is 3. The van der Waals surface area contributed by atoms with Gasteiger partial charge in [-0.05, 0) is 61.9 Å². The van der Waals surface area contributed by atoms with E-state index in [0.717, 1.165) is 22.5 Å². The van der Waals surface area contributed by atoms with Gasteiger partial charge >= 0.3 is 0 Å². The number of para-hydroxylation sites is 1. The van der Waals surface area contributed by atoms with Gasteiger partial charge in [-0.1, -0.05) is 30.3 Å². The first-order valence-corrected chi connectivity index (χ1v) is 10.6. The second-order valence-electron chi connectivity index (χ2n) is 7.39. The lowest BCUT2D eigenvalue weighted by Crippen LogP contribution is -2.12. The van der Waals surface area contributed by atoms with Crippen LogP contribution in [0.4, 0.5) is 17.3 Å². The van der Waals surface area contributed by atoms with Crippen molar-refractivity contribution in [1.82, 2.24) is 14.8 Å². The van der Waals surface area contributed by atoms with Gasteiger partial charge < -0.3 is 15.4 Å². The lowest BCUT2D eigenvalue weighted by molar-refractivity contribution is -0.114. The number of rotatable bonds is 7. The van der Waals surface area contributed by atoms with Crippen LogP contribution in [0.25, 0.3) is 11.3 Å². The smallest absolute Gasteiger partial charge is 0.222 e. The van der Waals surface area contributed by atoms with Crippen LogP contribution in [0.1, 0.15) is 26.3 Å². The molecule has 33 heavy (non-hydrogen) atoms. The number of ether oxygens (including phenoxy) is 1. The van der Waals surface area contributed by atoms with Gasteiger partial charge in [0.1, 0.15) is 11.6 Å². The van der Waals surface area contributed by atoms with Crippen molar-refractivity contribution in [3.63, 3.8) is 0 Å². The van der Waals surface area contributed by atoms with Gasteiger partial charge in [0.2, 0.25) is 11.8 Å². The van der Waals surface area contributed by atoms with E-state index in [9.17, 15) is 4.79 Å². The third-order valence-corrected chi connectivity index (χ3v) is 4.99. The molecule has 4 aromatic rings. The molecule has 0 fully saturated rings. The van der Waals surface area contributed by atoms with Gasteiger partial charge in [-0.3, -0.25) is 4.79 Å². The molecule has 0 bridgehead atoms. The first kappa shape index (κ1) is 21.8. The molecule has 4 rings (SSSR count). The highest BCUT2D eigenvalue weighted by atomic mass is 16.5. The van der Waals surface area contributed by atoms with Crippen molar-refractivity contribution in [2.24, 2.45) is 0 Å². The van der Waals surface area contributed by atoms with E-state index in [0.29, 0.717) is 23.3 Å². The van der Waals surface area contributed by atoms with Crippen LogP contribution in [-0.4, -0.2) is 20.7 Å². The van der Waals surface area contributed by atoms with Gasteiger partial charge in [0.25, 0.3) is 0 Å². The van der Waals surface area contributed by atoms with Crippen molar-refractivity contribution >= 4 is 28.8 Å². The predicted octanol–water partition coefficient (Wildman–Crippen LogP) is 6.18. The maximum absolute atomic E-state index is 12.0. The van der Waals surface area contributed by atoms with Gasteiger partial charge in [0.05, 0.1) is 11.3 Å². The molecule has 0 aliphatic carbocycles. The van der Waals surface area contributed by atoms with Gasteiger partial charge in [-0.2, -0.15) is 0 Å². The topological polar surface area (TPSA) is 81.1 Å². The first-order valence-electron chi connectivity index (χ1n) is 10.6. The molecule has 7 heteroatoms. The molecule has 2 N–H and O–H groups in total. The molecule has 0 spiro atoms. The number of carbonyl (C=O) groups excluding carboxylic acids is 1. The maximum Gasteiger partial charge on any atom is 0.222 e. The molecule has 0 radical (unpaired) electrons. The van der Waals surface area contributed by atoms with Crippen LogP contribution in [0.2, 0.25) is 0 Å². The van der Waals surface area contributed by atoms with E-state index in [1.54, 1.807) is 16.9 Å². The number of anilines is 3. The van der Waals surface area contributed by atoms with Crippen molar-refractivity contribution in [1.29, 1.82) is 0 Å². The summed E-state index contributed by atoms with van der Waals surface area (Å²) in [6.45, 7) is 5.44. The van der Waals surface area contributed by atoms with Gasteiger partial charge in [-0.25, -0.2) is 9.67 Å². The number of nitrogens with one attached hydrogen (secondary N) is 2. The summed E-state index contributed by atoms with van der Waals surface area (Å²) in [4.78, 5) is 16.2. The third-order valence-electron chi connectivity index (χ3n) is 4.99. The Bertz CT molecular complexity index is 1260. The summed E-state index contributed by atoms with van der Waals surface area (Å²) in [6, 6.07) is 22.8. The van der Waals surface area contributed by atoms with Crippen LogP contribution in [0.15, 0.2) is 85.1 Å². The molecule has 2 heterocycles. The standard InChI is InChI=1S/C26H25N5O2/c1-4-18(2)24-25(30-31(26(24)28-19(3)32)21-10-6-5-7-11-21)29-20-13-15-22(16-14-20)33-23-12-8-9-17-27-23/h4-17H,1-3H3,(H,28,32)(H,29,30)/b18-4+. The van der Waals surface area contributed by atoms with Crippen molar-refractivity contribution in [3.05, 3.63) is 90.6 Å². The number of hydrogen-bond donors (Lipinski definition) is 2. The molecule has 0 aliphatic rings. The quantitative estimate of drug-likeness (QED) is 0.359. The Morgan fingerprint density at radius 2 is 1.70 bits per heavy atom. The molecule has 0 saturated carbocycles. The fourth-order valence-corrected chi connectivity index (χ4v) is 3.33. The van der Waals surface area contributed by atoms with E-state index in [-0.39, 0.29) is 5.91 Å². The van der Waals surface area contributed by atoms with Crippen LogP contribution >= 0.6 is 0 Å². The molecule has 2 aromatic carbocycles. The number of carbonyl (C=O) groups is 1. The Hall–Kier alpha value is -4.39. The monoisotopic (exact) mass is 439 g/mol. The maximum atomic E-state index is 12.0. The van der Waals surface area contributed by atoms with E-state index in [2.05, 4.69) is 15.6 Å². The van der Waals surface area contributed by atoms with Crippen LogP contribution < -0.4 is 15.4 Å². The summed E-state index contributed by atoms with van der Waals surface area (Å²) in [7, 11) is 0. The Morgan fingerprint density at radius 1 is 0.970 bits per heavy atom. The average molecular weight is 440 g/mol. The number of pyridine rings is 1. The third kappa shape index (κ3) is 5.10. The summed E-state index contributed by atoms with van der Waals surface area (Å²) < 4.78 is 7.51. The SMILES string of the molecule is C/C=C(\C)c1c(Nc2ccc(Oc3ccccn3)cc2)nn(-c2ccccc2)c1NC(C)=O. The van der Waals surface area contributed by atoms with Crippen LogP contribution in [0, 0.1) is 0 Å². The van der Waals surface area contributed by atoms with Crippen LogP contribution in [-0.2, 0) is 4.79 Å². The zero-order valence-electron chi connectivity index (χ0n) is 18.7. The highest BCUT2D eigenvalue weighted by Crippen LogP contribution is 2.35. The summed E-state index contributed by atoms with van der Waals surface area (Å²) in [6.07, 6.45) is 3.68. The summed E-state index contributed by atoms with van der Waals surface area (Å²) in [5.41, 5.74) is 3.49. The van der Waals surface area contributed by atoms with E-state index in [1.165, 1.54) is 6.92 Å². The summed E-state index contributed by atoms with van der Waals surface area (Å²) in [5.74, 6) is 2.29. The zero-order chi connectivity index (χ0) is 23.2. The Balaban J connectivity index is 1.69. The summed E-state index contributed by atoms with van der Waals surface area (Å²) >= 11 is 0. The number of hydrogen-bond acceptors (Lipinski definition) is 5. The number of allylic oxidation sites excluding steroid dienone is 2. The first-order chi connectivity index (χ1) is 16.0. The van der Waals surface area contributed by atoms with E-state index in [4.69, 9.17) is 9.84 Å². The minimum Gasteiger partial charge on any atom is -0.439 e. The van der Waals surface area contributed by atoms with Crippen LogP contribution in [0.3, 0.4) is 0 Å². The number of nitrogens with zero attached hydrogens (tertiary/aromatic N) is 3. The molecular formula is C26H25N5O2. The summed E-state index contributed by atoms with van der Waals surface area (Å²) in [5, 5.41) is 11.1. The molecule has 0 aliphatic heterocycles. The predicted molar refractivity (Wildman–Crippen MR) is 131 cm³/mol. The zero-order valence-corrected chi connectivity index (χ0v) is 18.7. The molecular weight excluding hydrogens is 414 g/mol. The Labute approximate surface area is 192 Å². The van der Waals surface area contributed by atoms with Gasteiger partial charge in [-0.15, -0.1) is 5.10 Å². The second kappa shape index (κ2) is 9.82. The fourth-order valence-electron chi connectivity index (χ4n) is 3.33. The van der Waals surface area contributed by atoms with Crippen molar-refractivity contribution in [3.8, 4) is 17.3 Å². The normalized spacial score (nSPS) is 11.2. The van der Waals surface area contributed by atoms with Crippen molar-refractivity contribution in [2.45, 2.75) is 20.8 Å². The number of amides is 1. The molecule has 2 aromatic heterocycles. The fraction of sp³-hybridized carbons (Fsp3) is 0.115. The molecule has 0 saturated heterocycles. The highest BCUT2D eigenvalue weighted by molar-refractivity contribution is 5.94. The minimum absolute atomic E-state index is 0.167.